The number of anilines is 2. The summed E-state index contributed by atoms with van der Waals surface area (Å²) < 4.78 is 22.2. The van der Waals surface area contributed by atoms with Crippen LogP contribution in [0, 0.1) is 5.92 Å². The number of ether oxygens (including phenoxy) is 2. The number of hydrogen-bond donors (Lipinski definition) is 2. The van der Waals surface area contributed by atoms with Gasteiger partial charge in [-0.1, -0.05) is 12.1 Å². The minimum atomic E-state index is -1.13. The molecule has 1 atom stereocenters. The van der Waals surface area contributed by atoms with Gasteiger partial charge >= 0.3 is 18.1 Å². The second kappa shape index (κ2) is 12.3. The van der Waals surface area contributed by atoms with Crippen LogP contribution in [0.25, 0.3) is 0 Å². The molecule has 2 N–H and O–H groups in total. The van der Waals surface area contributed by atoms with Crippen molar-refractivity contribution in [3.8, 4) is 0 Å². The van der Waals surface area contributed by atoms with Gasteiger partial charge in [0.25, 0.3) is 0 Å². The number of methoxy groups -OCH3 is 1. The third kappa shape index (κ3) is 7.39. The Balaban J connectivity index is 1.26. The molecule has 0 bridgehead atoms. The van der Waals surface area contributed by atoms with Gasteiger partial charge in [-0.25, -0.2) is 9.59 Å². The molecule has 0 aromatic heterocycles. The number of nitrogens with one attached hydrogen (secondary N) is 2. The van der Waals surface area contributed by atoms with Crippen molar-refractivity contribution in [2.75, 3.05) is 30.5 Å². The summed E-state index contributed by atoms with van der Waals surface area (Å²) in [5.41, 5.74) is 3.32. The molecule has 2 aromatic rings. The summed E-state index contributed by atoms with van der Waals surface area (Å²) in [7, 11) is 1.40. The van der Waals surface area contributed by atoms with Crippen LogP contribution in [0.2, 0.25) is 0 Å². The van der Waals surface area contributed by atoms with E-state index < -0.39 is 11.2 Å². The molecule has 3 amide bonds. The van der Waals surface area contributed by atoms with Gasteiger partial charge in [0, 0.05) is 37.0 Å². The Morgan fingerprint density at radius 2 is 1.76 bits per heavy atom. The molecule has 0 spiro atoms. The van der Waals surface area contributed by atoms with Crippen LogP contribution in [0.5, 0.6) is 0 Å². The summed E-state index contributed by atoms with van der Waals surface area (Å²) in [4.78, 5) is 39.1. The first-order valence-corrected chi connectivity index (χ1v) is 14.0. The largest absolute Gasteiger partial charge is 0.612 e. The molecular weight excluding hydrogens is 494 g/mol. The molecule has 9 nitrogen and oxygen atoms in total. The number of esters is 1. The van der Waals surface area contributed by atoms with Crippen LogP contribution >= 0.6 is 0 Å². The Hall–Kier alpha value is -3.24. The van der Waals surface area contributed by atoms with Gasteiger partial charge in [-0.2, -0.15) is 0 Å². The average Bonchev–Trinajstić information content (AvgIpc) is 2.89. The lowest BCUT2D eigenvalue weighted by Crippen LogP contribution is -2.39. The number of urea groups is 1. The quantitative estimate of drug-likeness (QED) is 0.416. The average molecular weight is 528 g/mol. The number of hydrogen-bond acceptors (Lipinski definition) is 6. The minimum absolute atomic E-state index is 0.120. The van der Waals surface area contributed by atoms with Crippen LogP contribution in [-0.2, 0) is 38.4 Å². The number of nitrogens with zero attached hydrogens (tertiary/aromatic N) is 1. The molecule has 10 heteroatoms. The lowest BCUT2D eigenvalue weighted by Gasteiger charge is -2.32. The maximum atomic E-state index is 12.8. The summed E-state index contributed by atoms with van der Waals surface area (Å²) in [6.45, 7) is 0.999. The maximum Gasteiger partial charge on any atom is 0.410 e. The number of benzene rings is 2. The van der Waals surface area contributed by atoms with Crippen molar-refractivity contribution in [3.63, 3.8) is 0 Å². The van der Waals surface area contributed by atoms with Crippen molar-refractivity contribution in [2.24, 2.45) is 5.92 Å². The molecule has 1 unspecified atom stereocenters. The summed E-state index contributed by atoms with van der Waals surface area (Å²) in [6, 6.07) is 12.2. The summed E-state index contributed by atoms with van der Waals surface area (Å²) in [6.07, 6.45) is 5.47. The Morgan fingerprint density at radius 1 is 1.03 bits per heavy atom. The van der Waals surface area contributed by atoms with Gasteiger partial charge in [0.2, 0.25) is 0 Å². The predicted molar refractivity (Wildman–Crippen MR) is 141 cm³/mol. The SMILES string of the molecule is COC(=O)C[C@H]1CC[C@H](OC(=O)N2CCc3cc(NC(=O)Nc4cccc([S+](C)[O-])c4)ccc3C2)CC1. The first-order valence-electron chi connectivity index (χ1n) is 12.5. The highest BCUT2D eigenvalue weighted by Crippen LogP contribution is 2.30. The fraction of sp³-hybridized carbons (Fsp3) is 0.444. The Bertz CT molecular complexity index is 1130. The van der Waals surface area contributed by atoms with Crippen LogP contribution in [-0.4, -0.2) is 53.6 Å². The van der Waals surface area contributed by atoms with Crippen molar-refractivity contribution in [1.82, 2.24) is 4.90 Å². The van der Waals surface area contributed by atoms with Gasteiger partial charge < -0.3 is 29.6 Å². The third-order valence-corrected chi connectivity index (χ3v) is 7.82. The summed E-state index contributed by atoms with van der Waals surface area (Å²) in [5.74, 6) is 0.105. The summed E-state index contributed by atoms with van der Waals surface area (Å²) in [5, 5.41) is 5.60. The molecule has 1 fully saturated rings. The van der Waals surface area contributed by atoms with E-state index in [0.29, 0.717) is 48.1 Å². The topological polar surface area (TPSA) is 120 Å². The highest BCUT2D eigenvalue weighted by atomic mass is 32.2. The lowest BCUT2D eigenvalue weighted by atomic mass is 9.85. The predicted octanol–water partition coefficient (Wildman–Crippen LogP) is 4.68. The van der Waals surface area contributed by atoms with Crippen LogP contribution in [0.3, 0.4) is 0 Å². The molecule has 0 saturated heterocycles. The van der Waals surface area contributed by atoms with Crippen molar-refractivity contribution in [2.45, 2.75) is 56.1 Å². The van der Waals surface area contributed by atoms with E-state index in [9.17, 15) is 18.9 Å². The van der Waals surface area contributed by atoms with E-state index in [1.54, 1.807) is 35.4 Å². The van der Waals surface area contributed by atoms with Crippen molar-refractivity contribution in [3.05, 3.63) is 53.6 Å². The van der Waals surface area contributed by atoms with E-state index in [1.165, 1.54) is 7.11 Å². The second-order valence-corrected chi connectivity index (χ2v) is 10.9. The van der Waals surface area contributed by atoms with Gasteiger partial charge in [0.15, 0.2) is 4.90 Å². The third-order valence-electron chi connectivity index (χ3n) is 6.90. The smallest absolute Gasteiger partial charge is 0.410 e. The lowest BCUT2D eigenvalue weighted by molar-refractivity contribution is -0.142. The van der Waals surface area contributed by atoms with E-state index in [1.807, 2.05) is 18.2 Å². The van der Waals surface area contributed by atoms with Gasteiger partial charge in [0.05, 0.1) is 7.11 Å². The standard InChI is InChI=1S/C27H33N3O6S/c1-35-25(31)14-18-6-10-23(11-7-18)36-27(33)30-13-12-19-15-22(9-8-20(19)17-30)29-26(32)28-21-4-3-5-24(16-21)37(2)34/h3-5,8-9,15-16,18,23H,6-7,10-14,17H2,1-2H3,(H2,28,29,32)/t18-,23-,37?. The molecule has 0 radical (unpaired) electrons. The highest BCUT2D eigenvalue weighted by molar-refractivity contribution is 7.90. The van der Waals surface area contributed by atoms with Crippen molar-refractivity contribution >= 4 is 40.6 Å². The molecule has 1 aliphatic heterocycles. The molecule has 1 heterocycles. The Kier molecular flexibility index (Phi) is 8.94. The Morgan fingerprint density at radius 3 is 2.46 bits per heavy atom. The van der Waals surface area contributed by atoms with Crippen LogP contribution < -0.4 is 10.6 Å². The molecule has 2 aliphatic rings. The monoisotopic (exact) mass is 527 g/mol. The van der Waals surface area contributed by atoms with Gasteiger partial charge in [-0.05, 0) is 84.6 Å². The Labute approximate surface area is 220 Å². The van der Waals surface area contributed by atoms with Crippen LogP contribution in [0.15, 0.2) is 47.4 Å². The number of carbonyl (C=O) groups excluding carboxylic acids is 3. The maximum absolute atomic E-state index is 12.8. The highest BCUT2D eigenvalue weighted by Gasteiger charge is 2.29. The van der Waals surface area contributed by atoms with E-state index in [0.717, 1.165) is 36.8 Å². The van der Waals surface area contributed by atoms with Gasteiger partial charge in [-0.3, -0.25) is 4.79 Å². The zero-order valence-electron chi connectivity index (χ0n) is 21.2. The van der Waals surface area contributed by atoms with Crippen LogP contribution in [0.1, 0.15) is 43.2 Å². The molecular formula is C27H33N3O6S. The van der Waals surface area contributed by atoms with E-state index in [2.05, 4.69) is 10.6 Å². The molecule has 1 saturated carbocycles. The van der Waals surface area contributed by atoms with E-state index in [4.69, 9.17) is 9.47 Å². The summed E-state index contributed by atoms with van der Waals surface area (Å²) >= 11 is -1.13. The molecule has 37 heavy (non-hydrogen) atoms. The van der Waals surface area contributed by atoms with Crippen molar-refractivity contribution < 1.29 is 28.4 Å². The minimum Gasteiger partial charge on any atom is -0.612 e. The zero-order chi connectivity index (χ0) is 26.4. The molecule has 1 aliphatic carbocycles. The number of fused-ring (bicyclic) bond motifs is 1. The number of rotatable bonds is 6. The van der Waals surface area contributed by atoms with E-state index >= 15 is 0 Å². The first-order chi connectivity index (χ1) is 17.8. The first kappa shape index (κ1) is 26.8. The second-order valence-electron chi connectivity index (χ2n) is 9.52. The molecule has 198 valence electrons. The van der Waals surface area contributed by atoms with E-state index in [-0.39, 0.29) is 24.2 Å². The molecule has 2 aromatic carbocycles. The fourth-order valence-corrected chi connectivity index (χ4v) is 5.39. The van der Waals surface area contributed by atoms with Gasteiger partial charge in [0.1, 0.15) is 12.4 Å². The normalized spacial score (nSPS) is 19.8. The number of carbonyl (C=O) groups is 3. The van der Waals surface area contributed by atoms with Crippen LogP contribution in [0.4, 0.5) is 21.0 Å². The number of amides is 3. The fourth-order valence-electron chi connectivity index (χ4n) is 4.82. The van der Waals surface area contributed by atoms with Crippen molar-refractivity contribution in [1.29, 1.82) is 0 Å². The van der Waals surface area contributed by atoms with Gasteiger partial charge in [-0.15, -0.1) is 0 Å². The zero-order valence-corrected chi connectivity index (χ0v) is 22.0. The molecule has 4 rings (SSSR count).